The van der Waals surface area contributed by atoms with Crippen LogP contribution in [0.15, 0.2) is 47.4 Å². The van der Waals surface area contributed by atoms with Crippen LogP contribution in [0.3, 0.4) is 0 Å². The number of rotatable bonds is 5. The maximum absolute atomic E-state index is 12.7. The van der Waals surface area contributed by atoms with Crippen molar-refractivity contribution in [3.8, 4) is 0 Å². The first kappa shape index (κ1) is 18.7. The highest BCUT2D eigenvalue weighted by Gasteiger charge is 2.24. The number of piperazine rings is 1. The van der Waals surface area contributed by atoms with Crippen molar-refractivity contribution in [3.05, 3.63) is 58.6 Å². The fraction of sp³-hybridized carbons (Fsp3) is 0.300. The number of nitrogens with one attached hydrogen (secondary N) is 1. The summed E-state index contributed by atoms with van der Waals surface area (Å²) in [6, 6.07) is 10.8. The summed E-state index contributed by atoms with van der Waals surface area (Å²) in [4.78, 5) is 47.2. The van der Waals surface area contributed by atoms with Crippen LogP contribution < -0.4 is 16.3 Å². The minimum atomic E-state index is -0.518. The van der Waals surface area contributed by atoms with Crippen molar-refractivity contribution >= 4 is 28.7 Å². The number of aryl methyl sites for hydroxylation is 1. The lowest BCUT2D eigenvalue weighted by atomic mass is 10.2. The number of para-hydroxylation sites is 2. The molecular weight excluding hydrogens is 372 g/mol. The lowest BCUT2D eigenvalue weighted by Gasteiger charge is -2.36. The number of fused-ring (bicyclic) bond motifs is 1. The Balaban J connectivity index is 1.38. The quantitative estimate of drug-likeness (QED) is 0.656. The summed E-state index contributed by atoms with van der Waals surface area (Å²) >= 11 is 0. The molecule has 3 heterocycles. The minimum absolute atomic E-state index is 0.00187. The summed E-state index contributed by atoms with van der Waals surface area (Å²) in [5.74, 6) is 0.0335. The van der Waals surface area contributed by atoms with Crippen LogP contribution in [0.4, 0.5) is 5.82 Å². The highest BCUT2D eigenvalue weighted by atomic mass is 16.2. The molecule has 1 fully saturated rings. The smallest absolute Gasteiger partial charge is 0.326 e. The number of nitrogens with two attached hydrogens (primary N) is 1. The molecule has 1 aliphatic rings. The maximum Gasteiger partial charge on any atom is 0.326 e. The number of pyridine rings is 1. The fourth-order valence-electron chi connectivity index (χ4n) is 3.70. The molecule has 2 amide bonds. The molecular formula is C20H22N6O3. The van der Waals surface area contributed by atoms with Gasteiger partial charge in [0.1, 0.15) is 5.82 Å². The second kappa shape index (κ2) is 7.78. The number of nitrogens with zero attached hydrogens (tertiary/aromatic N) is 4. The summed E-state index contributed by atoms with van der Waals surface area (Å²) in [7, 11) is 0. The zero-order chi connectivity index (χ0) is 20.4. The van der Waals surface area contributed by atoms with E-state index < -0.39 is 5.91 Å². The third-order valence-corrected chi connectivity index (χ3v) is 5.21. The predicted molar refractivity (Wildman–Crippen MR) is 109 cm³/mol. The van der Waals surface area contributed by atoms with E-state index in [0.717, 1.165) is 11.0 Å². The van der Waals surface area contributed by atoms with E-state index in [1.165, 1.54) is 0 Å². The number of aromatic nitrogens is 3. The average Bonchev–Trinajstić information content (AvgIpc) is 3.07. The first-order valence-corrected chi connectivity index (χ1v) is 9.49. The molecule has 4 rings (SSSR count). The van der Waals surface area contributed by atoms with Crippen LogP contribution in [0.25, 0.3) is 11.0 Å². The molecule has 0 bridgehead atoms. The third kappa shape index (κ3) is 3.71. The Labute approximate surface area is 166 Å². The molecule has 29 heavy (non-hydrogen) atoms. The summed E-state index contributed by atoms with van der Waals surface area (Å²) in [5.41, 5.74) is 7.16. The van der Waals surface area contributed by atoms with Crippen LogP contribution in [0.1, 0.15) is 16.8 Å². The third-order valence-electron chi connectivity index (χ3n) is 5.21. The topological polar surface area (TPSA) is 117 Å². The molecule has 150 valence electrons. The van der Waals surface area contributed by atoms with Gasteiger partial charge in [0.2, 0.25) is 5.91 Å². The molecule has 0 saturated carbocycles. The molecule has 0 atom stereocenters. The molecule has 0 unspecified atom stereocenters. The highest BCUT2D eigenvalue weighted by Crippen LogP contribution is 2.19. The second-order valence-electron chi connectivity index (χ2n) is 6.96. The van der Waals surface area contributed by atoms with Crippen molar-refractivity contribution in [2.75, 3.05) is 31.1 Å². The lowest BCUT2D eigenvalue weighted by Crippen LogP contribution is -2.49. The van der Waals surface area contributed by atoms with Crippen molar-refractivity contribution < 1.29 is 9.59 Å². The van der Waals surface area contributed by atoms with Gasteiger partial charge in [-0.15, -0.1) is 0 Å². The first-order chi connectivity index (χ1) is 14.0. The second-order valence-corrected chi connectivity index (χ2v) is 6.96. The Bertz CT molecular complexity index is 1110. The van der Waals surface area contributed by atoms with Gasteiger partial charge in [-0.2, -0.15) is 0 Å². The first-order valence-electron chi connectivity index (χ1n) is 9.49. The van der Waals surface area contributed by atoms with Crippen LogP contribution in [-0.4, -0.2) is 57.4 Å². The molecule has 3 aromatic rings. The number of primary amides is 1. The van der Waals surface area contributed by atoms with Gasteiger partial charge in [0.05, 0.1) is 16.6 Å². The van der Waals surface area contributed by atoms with Gasteiger partial charge < -0.3 is 20.5 Å². The number of amides is 2. The molecule has 9 nitrogen and oxygen atoms in total. The molecule has 0 aliphatic carbocycles. The van der Waals surface area contributed by atoms with Gasteiger partial charge in [-0.1, -0.05) is 12.1 Å². The Morgan fingerprint density at radius 2 is 1.83 bits per heavy atom. The number of carbonyl (C=O) groups is 2. The largest absolute Gasteiger partial charge is 0.365 e. The van der Waals surface area contributed by atoms with Crippen LogP contribution in [0.5, 0.6) is 0 Å². The van der Waals surface area contributed by atoms with Crippen molar-refractivity contribution in [2.45, 2.75) is 13.0 Å². The molecule has 1 aliphatic heterocycles. The Morgan fingerprint density at radius 3 is 2.59 bits per heavy atom. The van der Waals surface area contributed by atoms with Crippen molar-refractivity contribution in [2.24, 2.45) is 5.73 Å². The number of carbonyl (C=O) groups excluding carboxylic acids is 2. The van der Waals surface area contributed by atoms with Gasteiger partial charge in [-0.3, -0.25) is 14.2 Å². The Morgan fingerprint density at radius 1 is 1.07 bits per heavy atom. The number of imidazole rings is 1. The number of hydrogen-bond acceptors (Lipinski definition) is 5. The van der Waals surface area contributed by atoms with Crippen molar-refractivity contribution in [1.29, 1.82) is 0 Å². The molecule has 1 aromatic carbocycles. The van der Waals surface area contributed by atoms with Gasteiger partial charge in [0, 0.05) is 45.3 Å². The fourth-order valence-corrected chi connectivity index (χ4v) is 3.70. The van der Waals surface area contributed by atoms with Gasteiger partial charge >= 0.3 is 5.69 Å². The number of hydrogen-bond donors (Lipinski definition) is 2. The van der Waals surface area contributed by atoms with E-state index in [4.69, 9.17) is 5.73 Å². The number of aromatic amines is 1. The monoisotopic (exact) mass is 394 g/mol. The molecule has 2 aromatic heterocycles. The van der Waals surface area contributed by atoms with E-state index in [0.29, 0.717) is 44.1 Å². The van der Waals surface area contributed by atoms with Gasteiger partial charge in [0.15, 0.2) is 0 Å². The van der Waals surface area contributed by atoms with E-state index in [9.17, 15) is 14.4 Å². The van der Waals surface area contributed by atoms with Crippen LogP contribution in [-0.2, 0) is 11.3 Å². The van der Waals surface area contributed by atoms with Gasteiger partial charge in [0.25, 0.3) is 5.91 Å². The molecule has 3 N–H and O–H groups in total. The summed E-state index contributed by atoms with van der Waals surface area (Å²) < 4.78 is 1.59. The number of H-pyrrole nitrogens is 1. The minimum Gasteiger partial charge on any atom is -0.365 e. The van der Waals surface area contributed by atoms with E-state index >= 15 is 0 Å². The van der Waals surface area contributed by atoms with Crippen LogP contribution >= 0.6 is 0 Å². The normalized spacial score (nSPS) is 14.3. The molecule has 9 heteroatoms. The van der Waals surface area contributed by atoms with Crippen molar-refractivity contribution in [3.63, 3.8) is 0 Å². The van der Waals surface area contributed by atoms with Gasteiger partial charge in [-0.05, 0) is 24.3 Å². The van der Waals surface area contributed by atoms with Crippen LogP contribution in [0.2, 0.25) is 0 Å². The Hall–Kier alpha value is -3.62. The standard InChI is InChI=1S/C20H22N6O3/c21-18(28)14-4-3-8-22-19(14)25-12-10-24(11-13-25)17(27)7-9-26-16-6-2-1-5-15(16)23-20(26)29/h1-6,8H,7,9-13H2,(H2,21,28)(H,23,29). The van der Waals surface area contributed by atoms with Crippen LogP contribution in [0, 0.1) is 0 Å². The molecule has 0 spiro atoms. The van der Waals surface area contributed by atoms with Gasteiger partial charge in [-0.25, -0.2) is 9.78 Å². The Kier molecular flexibility index (Phi) is 5.03. The van der Waals surface area contributed by atoms with E-state index in [1.54, 1.807) is 27.8 Å². The number of benzene rings is 1. The summed E-state index contributed by atoms with van der Waals surface area (Å²) in [5, 5.41) is 0. The predicted octanol–water partition coefficient (Wildman–Crippen LogP) is 0.562. The zero-order valence-electron chi connectivity index (χ0n) is 15.9. The molecule has 1 saturated heterocycles. The zero-order valence-corrected chi connectivity index (χ0v) is 15.9. The maximum atomic E-state index is 12.7. The van der Waals surface area contributed by atoms with E-state index in [1.807, 2.05) is 29.2 Å². The average molecular weight is 394 g/mol. The molecule has 0 radical (unpaired) electrons. The summed E-state index contributed by atoms with van der Waals surface area (Å²) in [6.45, 7) is 2.51. The number of anilines is 1. The SMILES string of the molecule is NC(=O)c1cccnc1N1CCN(C(=O)CCn2c(=O)[nH]c3ccccc32)CC1. The lowest BCUT2D eigenvalue weighted by molar-refractivity contribution is -0.131. The summed E-state index contributed by atoms with van der Waals surface area (Å²) in [6.07, 6.45) is 1.87. The van der Waals surface area contributed by atoms with Crippen molar-refractivity contribution in [1.82, 2.24) is 19.4 Å². The van der Waals surface area contributed by atoms with E-state index in [2.05, 4.69) is 9.97 Å². The van der Waals surface area contributed by atoms with E-state index in [-0.39, 0.29) is 18.0 Å². The highest BCUT2D eigenvalue weighted by molar-refractivity contribution is 5.97.